The molecule has 166 valence electrons. The molecule has 3 N–H and O–H groups in total. The van der Waals surface area contributed by atoms with Crippen molar-refractivity contribution < 1.29 is 0 Å². The molecule has 7 nitrogen and oxygen atoms in total. The molecule has 2 saturated carbocycles. The fraction of sp³-hybridized carbons (Fsp3) is 0.783. The molecule has 0 aliphatic heterocycles. The van der Waals surface area contributed by atoms with Gasteiger partial charge in [-0.2, -0.15) is 0 Å². The molecule has 0 spiro atoms. The molecule has 0 amide bonds. The Labute approximate surface area is 180 Å². The molecule has 2 aliphatic carbocycles. The number of nitrogens with two attached hydrogens (primary N) is 1. The number of anilines is 1. The van der Waals surface area contributed by atoms with Gasteiger partial charge in [0, 0.05) is 30.6 Å². The van der Waals surface area contributed by atoms with Crippen molar-refractivity contribution in [1.82, 2.24) is 24.4 Å². The molecule has 2 aromatic heterocycles. The molecule has 2 aliphatic rings. The number of imidazole rings is 1. The average molecular weight is 414 g/mol. The highest BCUT2D eigenvalue weighted by Gasteiger charge is 2.25. The number of hydrogen-bond acceptors (Lipinski definition) is 6. The van der Waals surface area contributed by atoms with E-state index in [1.165, 1.54) is 32.1 Å². The molecule has 0 saturated heterocycles. The maximum atomic E-state index is 6.23. The van der Waals surface area contributed by atoms with Crippen LogP contribution in [0.5, 0.6) is 0 Å². The van der Waals surface area contributed by atoms with Gasteiger partial charge in [0.05, 0.1) is 6.33 Å². The van der Waals surface area contributed by atoms with Crippen molar-refractivity contribution in [2.24, 2.45) is 11.7 Å². The monoisotopic (exact) mass is 413 g/mol. The summed E-state index contributed by atoms with van der Waals surface area (Å²) < 4.78 is 2.17. The van der Waals surface area contributed by atoms with Crippen LogP contribution in [0.1, 0.15) is 77.1 Å². The van der Waals surface area contributed by atoms with Crippen LogP contribution in [0.2, 0.25) is 0 Å². The van der Waals surface area contributed by atoms with Gasteiger partial charge >= 0.3 is 0 Å². The van der Waals surface area contributed by atoms with Crippen molar-refractivity contribution in [1.29, 1.82) is 0 Å². The summed E-state index contributed by atoms with van der Waals surface area (Å²) in [4.78, 5) is 17.0. The van der Waals surface area contributed by atoms with Gasteiger partial charge in [0.2, 0.25) is 0 Å². The fourth-order valence-electron chi connectivity index (χ4n) is 5.21. The largest absolute Gasteiger partial charge is 0.365 e. The fourth-order valence-corrected chi connectivity index (χ4v) is 5.21. The van der Waals surface area contributed by atoms with Crippen LogP contribution in [0, 0.1) is 5.92 Å². The maximum Gasteiger partial charge on any atom is 0.166 e. The van der Waals surface area contributed by atoms with Crippen LogP contribution >= 0.6 is 0 Å². The Balaban J connectivity index is 1.57. The van der Waals surface area contributed by atoms with E-state index in [9.17, 15) is 0 Å². The average Bonchev–Trinajstić information content (AvgIpc) is 3.13. The van der Waals surface area contributed by atoms with Gasteiger partial charge < -0.3 is 20.5 Å². The molecular formula is C23H39N7. The quantitative estimate of drug-likeness (QED) is 0.750. The lowest BCUT2D eigenvalue weighted by atomic mass is 9.83. The molecule has 2 heterocycles. The zero-order valence-electron chi connectivity index (χ0n) is 19.1. The number of nitrogens with one attached hydrogen (secondary N) is 1. The lowest BCUT2D eigenvalue weighted by Crippen LogP contribution is -2.35. The van der Waals surface area contributed by atoms with Crippen molar-refractivity contribution in [3.05, 3.63) is 12.2 Å². The van der Waals surface area contributed by atoms with Crippen molar-refractivity contribution in [3.63, 3.8) is 0 Å². The summed E-state index contributed by atoms with van der Waals surface area (Å²) >= 11 is 0. The minimum atomic E-state index is 0.285. The molecule has 2 aromatic rings. The molecule has 4 rings (SSSR count). The lowest BCUT2D eigenvalue weighted by Gasteiger charge is -2.32. The summed E-state index contributed by atoms with van der Waals surface area (Å²) in [5.41, 5.74) is 8.07. The van der Waals surface area contributed by atoms with E-state index in [1.54, 1.807) is 0 Å². The van der Waals surface area contributed by atoms with Gasteiger partial charge in [0.25, 0.3) is 0 Å². The highest BCUT2D eigenvalue weighted by molar-refractivity contribution is 5.83. The highest BCUT2D eigenvalue weighted by Crippen LogP contribution is 2.31. The van der Waals surface area contributed by atoms with E-state index in [1.807, 2.05) is 6.33 Å². The summed E-state index contributed by atoms with van der Waals surface area (Å²) in [5.74, 6) is 2.53. The van der Waals surface area contributed by atoms with E-state index in [-0.39, 0.29) is 6.04 Å². The third-order valence-corrected chi connectivity index (χ3v) is 7.10. The standard InChI is InChI=1S/C23H39N7/c1-15(2)30-14-25-21-22(26-18-7-5-6-17(24)13-18)27-20(28-23(21)30)12-16-8-10-19(11-9-16)29(3)4/h14-19H,5-13,24H2,1-4H3,(H,26,27,28). The second-order valence-electron chi connectivity index (χ2n) is 10.0. The molecule has 0 bridgehead atoms. The Kier molecular flexibility index (Phi) is 6.58. The lowest BCUT2D eigenvalue weighted by molar-refractivity contribution is 0.192. The Morgan fingerprint density at radius 3 is 2.57 bits per heavy atom. The van der Waals surface area contributed by atoms with E-state index in [2.05, 4.69) is 47.7 Å². The summed E-state index contributed by atoms with van der Waals surface area (Å²) in [6.07, 6.45) is 12.4. The summed E-state index contributed by atoms with van der Waals surface area (Å²) in [5, 5.41) is 3.69. The third-order valence-electron chi connectivity index (χ3n) is 7.10. The van der Waals surface area contributed by atoms with Crippen LogP contribution in [-0.2, 0) is 6.42 Å². The highest BCUT2D eigenvalue weighted by atomic mass is 15.2. The van der Waals surface area contributed by atoms with E-state index < -0.39 is 0 Å². The van der Waals surface area contributed by atoms with Gasteiger partial charge in [-0.3, -0.25) is 0 Å². The van der Waals surface area contributed by atoms with E-state index in [0.29, 0.717) is 18.0 Å². The minimum Gasteiger partial charge on any atom is -0.365 e. The first-order valence-corrected chi connectivity index (χ1v) is 11.8. The number of rotatable bonds is 6. The molecular weight excluding hydrogens is 374 g/mol. The number of hydrogen-bond donors (Lipinski definition) is 2. The second kappa shape index (κ2) is 9.18. The van der Waals surface area contributed by atoms with Crippen LogP contribution in [-0.4, -0.2) is 56.6 Å². The predicted molar refractivity (Wildman–Crippen MR) is 123 cm³/mol. The van der Waals surface area contributed by atoms with Gasteiger partial charge in [-0.15, -0.1) is 0 Å². The molecule has 0 radical (unpaired) electrons. The van der Waals surface area contributed by atoms with Crippen LogP contribution in [0.15, 0.2) is 6.33 Å². The molecule has 30 heavy (non-hydrogen) atoms. The van der Waals surface area contributed by atoms with Crippen LogP contribution in [0.4, 0.5) is 5.82 Å². The van der Waals surface area contributed by atoms with Gasteiger partial charge in [-0.05, 0) is 85.2 Å². The summed E-state index contributed by atoms with van der Waals surface area (Å²) in [6, 6.07) is 1.71. The van der Waals surface area contributed by atoms with Crippen molar-refractivity contribution in [3.8, 4) is 0 Å². The van der Waals surface area contributed by atoms with Crippen molar-refractivity contribution in [2.75, 3.05) is 19.4 Å². The van der Waals surface area contributed by atoms with E-state index in [0.717, 1.165) is 54.5 Å². The van der Waals surface area contributed by atoms with Crippen molar-refractivity contribution in [2.45, 2.75) is 95.8 Å². The summed E-state index contributed by atoms with van der Waals surface area (Å²) in [6.45, 7) is 4.36. The second-order valence-corrected chi connectivity index (χ2v) is 10.0. The zero-order valence-corrected chi connectivity index (χ0v) is 19.1. The number of aromatic nitrogens is 4. The third kappa shape index (κ3) is 4.78. The normalized spacial score (nSPS) is 27.8. The SMILES string of the molecule is CC(C)n1cnc2c(NC3CCCC(N)C3)nc(CC3CCC(N(C)C)CC3)nc21. The molecule has 2 atom stereocenters. The van der Waals surface area contributed by atoms with Crippen LogP contribution in [0.3, 0.4) is 0 Å². The smallest absolute Gasteiger partial charge is 0.166 e. The zero-order chi connectivity index (χ0) is 21.3. The van der Waals surface area contributed by atoms with Crippen molar-refractivity contribution >= 4 is 17.0 Å². The Morgan fingerprint density at radius 1 is 1.13 bits per heavy atom. The number of fused-ring (bicyclic) bond motifs is 1. The minimum absolute atomic E-state index is 0.285. The van der Waals surface area contributed by atoms with Crippen LogP contribution in [0.25, 0.3) is 11.2 Å². The Morgan fingerprint density at radius 2 is 1.90 bits per heavy atom. The molecule has 0 aromatic carbocycles. The van der Waals surface area contributed by atoms with Gasteiger partial charge in [-0.1, -0.05) is 0 Å². The van der Waals surface area contributed by atoms with Crippen LogP contribution < -0.4 is 11.1 Å². The summed E-state index contributed by atoms with van der Waals surface area (Å²) in [7, 11) is 4.40. The topological polar surface area (TPSA) is 84.9 Å². The molecule has 2 unspecified atom stereocenters. The van der Waals surface area contributed by atoms with E-state index in [4.69, 9.17) is 15.7 Å². The van der Waals surface area contributed by atoms with Gasteiger partial charge in [0.1, 0.15) is 11.3 Å². The first-order chi connectivity index (χ1) is 14.4. The van der Waals surface area contributed by atoms with E-state index >= 15 is 0 Å². The first kappa shape index (κ1) is 21.5. The Hall–Kier alpha value is -1.73. The molecule has 2 fully saturated rings. The number of nitrogens with zero attached hydrogens (tertiary/aromatic N) is 5. The Bertz CT molecular complexity index is 835. The van der Waals surface area contributed by atoms with Gasteiger partial charge in [-0.25, -0.2) is 15.0 Å². The van der Waals surface area contributed by atoms with Gasteiger partial charge in [0.15, 0.2) is 11.5 Å². The maximum absolute atomic E-state index is 6.23. The predicted octanol–water partition coefficient (Wildman–Crippen LogP) is 3.75. The first-order valence-electron chi connectivity index (χ1n) is 11.8. The molecule has 7 heteroatoms.